The molecular weight excluding hydrogens is 482 g/mol. The van der Waals surface area contributed by atoms with Gasteiger partial charge in [0, 0.05) is 22.6 Å². The Morgan fingerprint density at radius 3 is 2.56 bits per heavy atom. The molecule has 2 heterocycles. The summed E-state index contributed by atoms with van der Waals surface area (Å²) in [5, 5.41) is 23.0. The van der Waals surface area contributed by atoms with Gasteiger partial charge in [-0.15, -0.1) is 11.3 Å². The number of aliphatic hydroxyl groups excluding tert-OH is 1. The Labute approximate surface area is 203 Å². The molecule has 0 saturated carbocycles. The van der Waals surface area contributed by atoms with Crippen molar-refractivity contribution in [3.8, 4) is 5.75 Å². The van der Waals surface area contributed by atoms with Gasteiger partial charge in [-0.25, -0.2) is 4.98 Å². The number of nitro benzene ring substituents is 1. The predicted molar refractivity (Wildman–Crippen MR) is 127 cm³/mol. The third-order valence-electron chi connectivity index (χ3n) is 5.49. The van der Waals surface area contributed by atoms with E-state index >= 15 is 0 Å². The number of nitrogens with zero attached hydrogens (tertiary/aromatic N) is 3. The Hall–Kier alpha value is -3.76. The van der Waals surface area contributed by atoms with Crippen molar-refractivity contribution in [3.05, 3.63) is 84.9 Å². The van der Waals surface area contributed by atoms with Crippen LogP contribution in [0.4, 0.5) is 10.8 Å². The second-order valence-corrected chi connectivity index (χ2v) is 9.10. The number of hydrogen-bond donors (Lipinski definition) is 1. The van der Waals surface area contributed by atoms with Gasteiger partial charge in [0.2, 0.25) is 0 Å². The van der Waals surface area contributed by atoms with Crippen molar-refractivity contribution in [2.24, 2.45) is 0 Å². The van der Waals surface area contributed by atoms with Crippen LogP contribution in [0.3, 0.4) is 0 Å². The van der Waals surface area contributed by atoms with E-state index in [-0.39, 0.29) is 32.5 Å². The number of rotatable bonds is 5. The lowest BCUT2D eigenvalue weighted by Crippen LogP contribution is -2.29. The maximum atomic E-state index is 13.2. The summed E-state index contributed by atoms with van der Waals surface area (Å²) < 4.78 is 5.13. The fourth-order valence-electron chi connectivity index (χ4n) is 3.68. The first-order valence-corrected chi connectivity index (χ1v) is 11.2. The number of aliphatic hydroxyl groups is 1. The highest BCUT2D eigenvalue weighted by Gasteiger charge is 2.48. The highest BCUT2D eigenvalue weighted by atomic mass is 35.5. The van der Waals surface area contributed by atoms with Crippen molar-refractivity contribution in [2.75, 3.05) is 12.0 Å². The molecule has 1 unspecified atom stereocenters. The Morgan fingerprint density at radius 1 is 1.24 bits per heavy atom. The number of halogens is 1. The number of hydrogen-bond acceptors (Lipinski definition) is 8. The van der Waals surface area contributed by atoms with Gasteiger partial charge in [-0.1, -0.05) is 23.7 Å². The van der Waals surface area contributed by atoms with Crippen LogP contribution in [0.15, 0.2) is 48.0 Å². The minimum atomic E-state index is -1.13. The van der Waals surface area contributed by atoms with Crippen LogP contribution in [0.1, 0.15) is 27.7 Å². The number of ketones is 1. The number of Topliss-reactive ketones (excluding diaryl/α,β-unsaturated/α-hetero) is 1. The standard InChI is InChI=1S/C23H18ClN3O6S/c1-11-12(2)34-23(25-11)26-19(13-5-4-6-15(9-13)27(31)32)18(21(29)22(26)30)20(28)14-7-8-17(33-3)16(24)10-14/h4-10,19,28H,1-3H3. The number of carbonyl (C=O) groups excluding carboxylic acids is 2. The summed E-state index contributed by atoms with van der Waals surface area (Å²) in [7, 11) is 1.44. The Bertz CT molecular complexity index is 1360. The van der Waals surface area contributed by atoms with Crippen molar-refractivity contribution in [1.29, 1.82) is 0 Å². The molecule has 1 aromatic heterocycles. The average molecular weight is 500 g/mol. The average Bonchev–Trinajstić information content (AvgIpc) is 3.28. The summed E-state index contributed by atoms with van der Waals surface area (Å²) in [6.45, 7) is 3.60. The number of anilines is 1. The second-order valence-electron chi connectivity index (χ2n) is 7.51. The normalized spacial score (nSPS) is 17.3. The number of aromatic nitrogens is 1. The molecule has 0 radical (unpaired) electrons. The first kappa shape index (κ1) is 23.4. The molecule has 1 saturated heterocycles. The van der Waals surface area contributed by atoms with Gasteiger partial charge in [-0.05, 0) is 37.6 Å². The molecule has 0 aliphatic carbocycles. The van der Waals surface area contributed by atoms with E-state index in [9.17, 15) is 24.8 Å². The lowest BCUT2D eigenvalue weighted by molar-refractivity contribution is -0.384. The number of thiazole rings is 1. The number of nitro groups is 1. The van der Waals surface area contributed by atoms with Crippen LogP contribution < -0.4 is 9.64 Å². The molecule has 1 aliphatic heterocycles. The van der Waals surface area contributed by atoms with E-state index in [4.69, 9.17) is 16.3 Å². The highest BCUT2D eigenvalue weighted by Crippen LogP contribution is 2.44. The van der Waals surface area contributed by atoms with Crippen LogP contribution in [-0.2, 0) is 9.59 Å². The van der Waals surface area contributed by atoms with Gasteiger partial charge in [0.1, 0.15) is 11.5 Å². The minimum absolute atomic E-state index is 0.186. The molecule has 2 aromatic carbocycles. The van der Waals surface area contributed by atoms with Crippen LogP contribution in [0.2, 0.25) is 5.02 Å². The highest BCUT2D eigenvalue weighted by molar-refractivity contribution is 7.16. The van der Waals surface area contributed by atoms with Gasteiger partial charge >= 0.3 is 5.91 Å². The van der Waals surface area contributed by atoms with Gasteiger partial charge in [-0.3, -0.25) is 24.6 Å². The van der Waals surface area contributed by atoms with Crippen molar-refractivity contribution in [3.63, 3.8) is 0 Å². The third kappa shape index (κ3) is 3.91. The molecule has 3 aromatic rings. The number of carbonyl (C=O) groups is 2. The van der Waals surface area contributed by atoms with Crippen LogP contribution >= 0.6 is 22.9 Å². The zero-order valence-electron chi connectivity index (χ0n) is 18.2. The predicted octanol–water partition coefficient (Wildman–Crippen LogP) is 4.96. The molecule has 0 spiro atoms. The van der Waals surface area contributed by atoms with Gasteiger partial charge < -0.3 is 9.84 Å². The van der Waals surface area contributed by atoms with Crippen LogP contribution in [0.5, 0.6) is 5.75 Å². The van der Waals surface area contributed by atoms with Crippen LogP contribution in [-0.4, -0.2) is 33.8 Å². The molecule has 1 N–H and O–H groups in total. The first-order chi connectivity index (χ1) is 16.1. The molecule has 34 heavy (non-hydrogen) atoms. The van der Waals surface area contributed by atoms with Crippen molar-refractivity contribution < 1.29 is 24.4 Å². The zero-order chi connectivity index (χ0) is 24.7. The van der Waals surface area contributed by atoms with E-state index in [1.807, 2.05) is 6.92 Å². The Morgan fingerprint density at radius 2 is 1.97 bits per heavy atom. The topological polar surface area (TPSA) is 123 Å². The van der Waals surface area contributed by atoms with Gasteiger partial charge in [0.15, 0.2) is 5.13 Å². The molecule has 1 atom stereocenters. The monoisotopic (exact) mass is 499 g/mol. The summed E-state index contributed by atoms with van der Waals surface area (Å²) in [5.41, 5.74) is 0.701. The summed E-state index contributed by atoms with van der Waals surface area (Å²) in [6, 6.07) is 8.87. The largest absolute Gasteiger partial charge is 0.507 e. The van der Waals surface area contributed by atoms with Crippen molar-refractivity contribution >= 4 is 51.2 Å². The SMILES string of the molecule is COc1ccc(C(O)=C2C(=O)C(=O)N(c3nc(C)c(C)s3)C2c2cccc([N+](=O)[O-])c2)cc1Cl. The smallest absolute Gasteiger partial charge is 0.301 e. The number of aryl methyl sites for hydroxylation is 2. The summed E-state index contributed by atoms with van der Waals surface area (Å²) in [6.07, 6.45) is 0. The molecule has 9 nitrogen and oxygen atoms in total. The minimum Gasteiger partial charge on any atom is -0.507 e. The fourth-order valence-corrected chi connectivity index (χ4v) is 4.88. The molecule has 174 valence electrons. The van der Waals surface area contributed by atoms with E-state index in [0.717, 1.165) is 4.88 Å². The molecule has 1 amide bonds. The maximum absolute atomic E-state index is 13.2. The molecule has 4 rings (SSSR count). The second kappa shape index (κ2) is 8.88. The quantitative estimate of drug-likeness (QED) is 0.173. The lowest BCUT2D eigenvalue weighted by Gasteiger charge is -2.23. The van der Waals surface area contributed by atoms with Gasteiger partial charge in [0.25, 0.3) is 11.5 Å². The summed E-state index contributed by atoms with van der Waals surface area (Å²) >= 11 is 7.40. The summed E-state index contributed by atoms with van der Waals surface area (Å²) in [4.78, 5) is 43.6. The summed E-state index contributed by atoms with van der Waals surface area (Å²) in [5.74, 6) is -1.94. The molecular formula is C23H18ClN3O6S. The molecule has 1 aliphatic rings. The van der Waals surface area contributed by atoms with E-state index in [0.29, 0.717) is 11.4 Å². The van der Waals surface area contributed by atoms with Crippen LogP contribution in [0, 0.1) is 24.0 Å². The van der Waals surface area contributed by atoms with E-state index in [1.54, 1.807) is 13.0 Å². The van der Waals surface area contributed by atoms with Gasteiger partial charge in [-0.2, -0.15) is 0 Å². The Kier molecular flexibility index (Phi) is 6.11. The number of methoxy groups -OCH3 is 1. The number of benzene rings is 2. The lowest BCUT2D eigenvalue weighted by atomic mass is 9.95. The molecule has 11 heteroatoms. The maximum Gasteiger partial charge on any atom is 0.301 e. The molecule has 0 bridgehead atoms. The molecule has 1 fully saturated rings. The van der Waals surface area contributed by atoms with Crippen LogP contribution in [0.25, 0.3) is 5.76 Å². The van der Waals surface area contributed by atoms with E-state index in [2.05, 4.69) is 4.98 Å². The fraction of sp³-hybridized carbons (Fsp3) is 0.174. The number of non-ortho nitro benzene ring substituents is 1. The van der Waals surface area contributed by atoms with E-state index in [1.165, 1.54) is 59.7 Å². The van der Waals surface area contributed by atoms with Crippen molar-refractivity contribution in [2.45, 2.75) is 19.9 Å². The van der Waals surface area contributed by atoms with Gasteiger partial charge in [0.05, 0.1) is 34.4 Å². The zero-order valence-corrected chi connectivity index (χ0v) is 19.8. The first-order valence-electron chi connectivity index (χ1n) is 9.97. The number of ether oxygens (including phenoxy) is 1. The van der Waals surface area contributed by atoms with E-state index < -0.39 is 28.4 Å². The number of amides is 1. The Balaban J connectivity index is 1.97. The van der Waals surface area contributed by atoms with Crippen molar-refractivity contribution in [1.82, 2.24) is 4.98 Å². The third-order valence-corrected chi connectivity index (χ3v) is 6.86.